The molecule has 0 unspecified atom stereocenters. The molecule has 3 nitrogen and oxygen atoms in total. The Hall–Kier alpha value is -1.25. The molecule has 1 N–H and O–H groups in total. The molecular formula is C14H24O3. The Morgan fingerprint density at radius 2 is 2.12 bits per heavy atom. The first-order valence-electron chi connectivity index (χ1n) is 6.16. The van der Waals surface area contributed by atoms with Crippen LogP contribution in [0.1, 0.15) is 46.0 Å². The van der Waals surface area contributed by atoms with Crippen LogP contribution in [0.3, 0.4) is 0 Å². The van der Waals surface area contributed by atoms with E-state index >= 15 is 0 Å². The van der Waals surface area contributed by atoms with Gasteiger partial charge in [-0.1, -0.05) is 25.8 Å². The van der Waals surface area contributed by atoms with Gasteiger partial charge < -0.3 is 9.84 Å². The molecule has 0 bridgehead atoms. The van der Waals surface area contributed by atoms with Crippen molar-refractivity contribution in [3.05, 3.63) is 24.0 Å². The second-order valence-corrected chi connectivity index (χ2v) is 4.23. The van der Waals surface area contributed by atoms with Gasteiger partial charge in [0.05, 0.1) is 18.4 Å². The van der Waals surface area contributed by atoms with Gasteiger partial charge >= 0.3 is 5.97 Å². The van der Waals surface area contributed by atoms with Crippen LogP contribution in [-0.2, 0) is 9.53 Å². The zero-order valence-electron chi connectivity index (χ0n) is 11.2. The van der Waals surface area contributed by atoms with E-state index in [-0.39, 0.29) is 5.76 Å². The highest BCUT2D eigenvalue weighted by atomic mass is 16.5. The molecule has 0 heterocycles. The van der Waals surface area contributed by atoms with Gasteiger partial charge in [-0.3, -0.25) is 0 Å². The third-order valence-corrected chi connectivity index (χ3v) is 2.90. The maximum Gasteiger partial charge on any atom is 0.337 e. The molecule has 3 heteroatoms. The number of unbranched alkanes of at least 4 members (excludes halogenated alkanes) is 1. The number of ether oxygens (including phenoxy) is 1. The summed E-state index contributed by atoms with van der Waals surface area (Å²) in [6, 6.07) is 0. The standard InChI is InChI=1S/C14H24O3/c1-5-7-8-12(6-2)9-10-13(11(3)15)14(16)17-4/h6,12,15H,2,5,7-10H2,1,3-4H3/b13-11-/t12-/m1/s1. The zero-order chi connectivity index (χ0) is 13.3. The van der Waals surface area contributed by atoms with Crippen LogP contribution in [0.25, 0.3) is 0 Å². The lowest BCUT2D eigenvalue weighted by Gasteiger charge is -2.13. The Morgan fingerprint density at radius 1 is 1.47 bits per heavy atom. The van der Waals surface area contributed by atoms with Gasteiger partial charge in [-0.25, -0.2) is 4.79 Å². The van der Waals surface area contributed by atoms with Crippen molar-refractivity contribution in [2.75, 3.05) is 7.11 Å². The van der Waals surface area contributed by atoms with Crippen LogP contribution in [0.2, 0.25) is 0 Å². The quantitative estimate of drug-likeness (QED) is 0.304. The molecule has 98 valence electrons. The first-order valence-corrected chi connectivity index (χ1v) is 6.16. The average Bonchev–Trinajstić information content (AvgIpc) is 2.32. The maximum atomic E-state index is 11.4. The lowest BCUT2D eigenvalue weighted by molar-refractivity contribution is -0.136. The first-order chi connectivity index (χ1) is 8.06. The van der Waals surface area contributed by atoms with E-state index in [2.05, 4.69) is 18.2 Å². The van der Waals surface area contributed by atoms with Gasteiger partial charge in [0.1, 0.15) is 0 Å². The molecule has 1 atom stereocenters. The molecule has 0 fully saturated rings. The summed E-state index contributed by atoms with van der Waals surface area (Å²) in [6.45, 7) is 7.47. The lowest BCUT2D eigenvalue weighted by atomic mass is 9.94. The number of allylic oxidation sites excluding steroid dienone is 2. The molecule has 0 saturated heterocycles. The van der Waals surface area contributed by atoms with E-state index in [9.17, 15) is 9.90 Å². The van der Waals surface area contributed by atoms with Crippen LogP contribution < -0.4 is 0 Å². The zero-order valence-corrected chi connectivity index (χ0v) is 11.2. The van der Waals surface area contributed by atoms with Crippen molar-refractivity contribution < 1.29 is 14.6 Å². The van der Waals surface area contributed by atoms with Crippen molar-refractivity contribution >= 4 is 5.97 Å². The minimum absolute atomic E-state index is 0.0511. The Kier molecular flexibility index (Phi) is 8.20. The van der Waals surface area contributed by atoms with E-state index in [1.165, 1.54) is 14.0 Å². The number of hydrogen-bond acceptors (Lipinski definition) is 3. The molecule has 0 aromatic heterocycles. The molecule has 0 amide bonds. The number of rotatable bonds is 8. The third kappa shape index (κ3) is 6.15. The van der Waals surface area contributed by atoms with Crippen LogP contribution in [0.15, 0.2) is 24.0 Å². The van der Waals surface area contributed by atoms with Gasteiger partial charge in [-0.05, 0) is 32.1 Å². The number of carbonyl (C=O) groups is 1. The summed E-state index contributed by atoms with van der Waals surface area (Å²) < 4.78 is 4.64. The van der Waals surface area contributed by atoms with Crippen LogP contribution in [-0.4, -0.2) is 18.2 Å². The Balaban J connectivity index is 4.34. The number of aliphatic hydroxyl groups is 1. The van der Waals surface area contributed by atoms with E-state index in [0.29, 0.717) is 17.9 Å². The lowest BCUT2D eigenvalue weighted by Crippen LogP contribution is -2.09. The molecule has 0 radical (unpaired) electrons. The normalized spacial score (nSPS) is 13.8. The smallest absolute Gasteiger partial charge is 0.337 e. The molecule has 17 heavy (non-hydrogen) atoms. The van der Waals surface area contributed by atoms with Gasteiger partial charge in [0, 0.05) is 0 Å². The fraction of sp³-hybridized carbons (Fsp3) is 0.643. The SMILES string of the molecule is C=C[C@H](CCCC)CC/C(C(=O)OC)=C(\C)O. The molecule has 0 aliphatic heterocycles. The molecule has 0 rings (SSSR count). The second kappa shape index (κ2) is 8.85. The average molecular weight is 240 g/mol. The predicted molar refractivity (Wildman–Crippen MR) is 69.8 cm³/mol. The van der Waals surface area contributed by atoms with Crippen LogP contribution in [0.4, 0.5) is 0 Å². The second-order valence-electron chi connectivity index (χ2n) is 4.23. The summed E-state index contributed by atoms with van der Waals surface area (Å²) in [5.74, 6) is 0.00686. The maximum absolute atomic E-state index is 11.4. The van der Waals surface area contributed by atoms with Gasteiger partial charge in [0.25, 0.3) is 0 Å². The van der Waals surface area contributed by atoms with E-state index in [1.54, 1.807) is 0 Å². The molecule has 0 spiro atoms. The molecule has 0 saturated carbocycles. The Bertz CT molecular complexity index is 275. The fourth-order valence-corrected chi connectivity index (χ4v) is 1.73. The van der Waals surface area contributed by atoms with Crippen molar-refractivity contribution in [2.45, 2.75) is 46.0 Å². The van der Waals surface area contributed by atoms with Crippen molar-refractivity contribution in [2.24, 2.45) is 5.92 Å². The van der Waals surface area contributed by atoms with Crippen molar-refractivity contribution in [3.63, 3.8) is 0 Å². The summed E-state index contributed by atoms with van der Waals surface area (Å²) in [4.78, 5) is 11.4. The predicted octanol–water partition coefficient (Wildman–Crippen LogP) is 3.76. The molecular weight excluding hydrogens is 216 g/mol. The minimum atomic E-state index is -0.441. The summed E-state index contributed by atoms with van der Waals surface area (Å²) in [5, 5.41) is 9.43. The monoisotopic (exact) mass is 240 g/mol. The van der Waals surface area contributed by atoms with Gasteiger partial charge in [0.15, 0.2) is 0 Å². The van der Waals surface area contributed by atoms with Crippen LogP contribution >= 0.6 is 0 Å². The number of aliphatic hydroxyl groups excluding tert-OH is 1. The third-order valence-electron chi connectivity index (χ3n) is 2.90. The largest absolute Gasteiger partial charge is 0.512 e. The number of methoxy groups -OCH3 is 1. The van der Waals surface area contributed by atoms with Crippen molar-refractivity contribution in [1.29, 1.82) is 0 Å². The van der Waals surface area contributed by atoms with Crippen LogP contribution in [0.5, 0.6) is 0 Å². The topological polar surface area (TPSA) is 46.5 Å². The fourth-order valence-electron chi connectivity index (χ4n) is 1.73. The number of hydrogen-bond donors (Lipinski definition) is 1. The number of esters is 1. The Labute approximate surface area is 104 Å². The number of carbonyl (C=O) groups excluding carboxylic acids is 1. The summed E-state index contributed by atoms with van der Waals surface area (Å²) in [7, 11) is 1.33. The highest BCUT2D eigenvalue weighted by Crippen LogP contribution is 2.20. The summed E-state index contributed by atoms with van der Waals surface area (Å²) in [5.41, 5.74) is 0.371. The highest BCUT2D eigenvalue weighted by molar-refractivity contribution is 5.88. The van der Waals surface area contributed by atoms with Gasteiger partial charge in [0.2, 0.25) is 0 Å². The van der Waals surface area contributed by atoms with Gasteiger partial charge in [-0.2, -0.15) is 0 Å². The van der Waals surface area contributed by atoms with E-state index in [0.717, 1.165) is 25.7 Å². The summed E-state index contributed by atoms with van der Waals surface area (Å²) in [6.07, 6.45) is 6.69. The van der Waals surface area contributed by atoms with Crippen LogP contribution in [0, 0.1) is 5.92 Å². The van der Waals surface area contributed by atoms with E-state index in [4.69, 9.17) is 0 Å². The van der Waals surface area contributed by atoms with Gasteiger partial charge in [-0.15, -0.1) is 6.58 Å². The first kappa shape index (κ1) is 15.8. The molecule has 0 aliphatic carbocycles. The van der Waals surface area contributed by atoms with E-state index < -0.39 is 5.97 Å². The van der Waals surface area contributed by atoms with Crippen molar-refractivity contribution in [1.82, 2.24) is 0 Å². The summed E-state index contributed by atoms with van der Waals surface area (Å²) >= 11 is 0. The van der Waals surface area contributed by atoms with Crippen molar-refractivity contribution in [3.8, 4) is 0 Å². The Morgan fingerprint density at radius 3 is 2.53 bits per heavy atom. The van der Waals surface area contributed by atoms with E-state index in [1.807, 2.05) is 6.08 Å². The highest BCUT2D eigenvalue weighted by Gasteiger charge is 2.15. The molecule has 0 aromatic carbocycles. The minimum Gasteiger partial charge on any atom is -0.512 e. The molecule has 0 aliphatic rings. The molecule has 0 aromatic rings.